The number of carbonyl (C=O) groups is 2. The van der Waals surface area contributed by atoms with E-state index in [-0.39, 0.29) is 18.6 Å². The molecule has 1 atom stereocenters. The predicted octanol–water partition coefficient (Wildman–Crippen LogP) is 1.50. The lowest BCUT2D eigenvalue weighted by molar-refractivity contribution is -0.138. The third-order valence-electron chi connectivity index (χ3n) is 2.77. The second-order valence-corrected chi connectivity index (χ2v) is 3.72. The van der Waals surface area contributed by atoms with Gasteiger partial charge >= 0.3 is 5.97 Å². The van der Waals surface area contributed by atoms with Crippen LogP contribution in [0.4, 0.5) is 0 Å². The lowest BCUT2D eigenvalue weighted by atomic mass is 9.71. The maximum Gasteiger partial charge on any atom is 0.303 e. The van der Waals surface area contributed by atoms with Crippen molar-refractivity contribution in [2.24, 2.45) is 5.41 Å². The molecule has 0 heterocycles. The summed E-state index contributed by atoms with van der Waals surface area (Å²) in [6, 6.07) is 2.01. The minimum atomic E-state index is -1.00. The average molecular weight is 195 g/mol. The van der Waals surface area contributed by atoms with Crippen molar-refractivity contribution in [1.82, 2.24) is 0 Å². The number of carbonyl (C=O) groups excluding carboxylic acids is 1. The van der Waals surface area contributed by atoms with Crippen LogP contribution in [0.2, 0.25) is 0 Å². The summed E-state index contributed by atoms with van der Waals surface area (Å²) >= 11 is 0. The summed E-state index contributed by atoms with van der Waals surface area (Å²) in [7, 11) is 0. The fourth-order valence-corrected chi connectivity index (χ4v) is 1.85. The van der Waals surface area contributed by atoms with E-state index >= 15 is 0 Å². The Balaban J connectivity index is 2.69. The van der Waals surface area contributed by atoms with Crippen molar-refractivity contribution < 1.29 is 14.7 Å². The number of carboxylic acid groups (broad SMARTS) is 1. The van der Waals surface area contributed by atoms with Gasteiger partial charge in [0.15, 0.2) is 5.78 Å². The van der Waals surface area contributed by atoms with Crippen LogP contribution < -0.4 is 0 Å². The van der Waals surface area contributed by atoms with Crippen LogP contribution in [0.5, 0.6) is 0 Å². The monoisotopic (exact) mass is 195 g/mol. The highest BCUT2D eigenvalue weighted by atomic mass is 16.4. The van der Waals surface area contributed by atoms with Gasteiger partial charge < -0.3 is 5.11 Å². The van der Waals surface area contributed by atoms with Gasteiger partial charge in [-0.2, -0.15) is 5.26 Å². The lowest BCUT2D eigenvalue weighted by Gasteiger charge is -2.28. The molecule has 4 nitrogen and oxygen atoms in total. The van der Waals surface area contributed by atoms with Gasteiger partial charge in [0.2, 0.25) is 0 Å². The SMILES string of the molecule is N#CC1(CCC(=O)O)CCCCC1=O. The van der Waals surface area contributed by atoms with Gasteiger partial charge in [-0.3, -0.25) is 9.59 Å². The number of hydrogen-bond donors (Lipinski definition) is 1. The predicted molar refractivity (Wildman–Crippen MR) is 48.4 cm³/mol. The number of aliphatic carboxylic acids is 1. The molecule has 1 unspecified atom stereocenters. The van der Waals surface area contributed by atoms with Gasteiger partial charge in [0, 0.05) is 12.8 Å². The Bertz CT molecular complexity index is 292. The summed E-state index contributed by atoms with van der Waals surface area (Å²) in [6.07, 6.45) is 2.69. The molecule has 1 fully saturated rings. The first-order chi connectivity index (χ1) is 6.60. The number of rotatable bonds is 3. The van der Waals surface area contributed by atoms with Crippen molar-refractivity contribution >= 4 is 11.8 Å². The smallest absolute Gasteiger partial charge is 0.303 e. The second-order valence-electron chi connectivity index (χ2n) is 3.72. The Kier molecular flexibility index (Phi) is 3.23. The quantitative estimate of drug-likeness (QED) is 0.740. The molecule has 1 saturated carbocycles. The Labute approximate surface area is 82.5 Å². The van der Waals surface area contributed by atoms with E-state index < -0.39 is 11.4 Å². The van der Waals surface area contributed by atoms with Crippen LogP contribution in [0.15, 0.2) is 0 Å². The van der Waals surface area contributed by atoms with E-state index in [1.54, 1.807) is 0 Å². The molecule has 0 spiro atoms. The van der Waals surface area contributed by atoms with Crippen LogP contribution in [-0.4, -0.2) is 16.9 Å². The molecule has 0 bridgehead atoms. The molecule has 0 aromatic heterocycles. The van der Waals surface area contributed by atoms with Gasteiger partial charge in [-0.1, -0.05) is 6.42 Å². The molecular weight excluding hydrogens is 182 g/mol. The molecular formula is C10H13NO3. The fraction of sp³-hybridized carbons (Fsp3) is 0.700. The van der Waals surface area contributed by atoms with Crippen LogP contribution in [0.3, 0.4) is 0 Å². The molecule has 14 heavy (non-hydrogen) atoms. The maximum absolute atomic E-state index is 11.5. The van der Waals surface area contributed by atoms with E-state index in [9.17, 15) is 9.59 Å². The summed E-state index contributed by atoms with van der Waals surface area (Å²) in [5.41, 5.74) is -1.00. The van der Waals surface area contributed by atoms with Gasteiger partial charge in [0.25, 0.3) is 0 Å². The molecule has 1 N–H and O–H groups in total. The topological polar surface area (TPSA) is 78.2 Å². The fourth-order valence-electron chi connectivity index (χ4n) is 1.85. The lowest BCUT2D eigenvalue weighted by Crippen LogP contribution is -2.33. The maximum atomic E-state index is 11.5. The molecule has 76 valence electrons. The van der Waals surface area contributed by atoms with Gasteiger partial charge in [0.1, 0.15) is 5.41 Å². The van der Waals surface area contributed by atoms with Gasteiger partial charge in [-0.05, 0) is 19.3 Å². The van der Waals surface area contributed by atoms with Crippen molar-refractivity contribution in [3.8, 4) is 6.07 Å². The van der Waals surface area contributed by atoms with E-state index in [1.165, 1.54) is 0 Å². The van der Waals surface area contributed by atoms with Gasteiger partial charge in [-0.25, -0.2) is 0 Å². The largest absolute Gasteiger partial charge is 0.481 e. The summed E-state index contributed by atoms with van der Waals surface area (Å²) in [6.45, 7) is 0. The first-order valence-electron chi connectivity index (χ1n) is 4.77. The van der Waals surface area contributed by atoms with Gasteiger partial charge in [-0.15, -0.1) is 0 Å². The number of Topliss-reactive ketones (excluding diaryl/α,β-unsaturated/α-hetero) is 1. The van der Waals surface area contributed by atoms with Crippen molar-refractivity contribution in [2.45, 2.75) is 38.5 Å². The minimum Gasteiger partial charge on any atom is -0.481 e. The zero-order valence-electron chi connectivity index (χ0n) is 7.95. The van der Waals surface area contributed by atoms with E-state index in [1.807, 2.05) is 6.07 Å². The highest BCUT2D eigenvalue weighted by molar-refractivity contribution is 5.88. The molecule has 0 amide bonds. The zero-order chi connectivity index (χ0) is 10.6. The summed E-state index contributed by atoms with van der Waals surface area (Å²) in [5.74, 6) is -1.02. The number of nitrogens with zero attached hydrogens (tertiary/aromatic N) is 1. The summed E-state index contributed by atoms with van der Waals surface area (Å²) < 4.78 is 0. The Morgan fingerprint density at radius 2 is 2.29 bits per heavy atom. The third kappa shape index (κ3) is 2.11. The molecule has 0 aromatic rings. The van der Waals surface area contributed by atoms with Crippen LogP contribution in [-0.2, 0) is 9.59 Å². The van der Waals surface area contributed by atoms with Crippen molar-refractivity contribution in [3.63, 3.8) is 0 Å². The summed E-state index contributed by atoms with van der Waals surface area (Å²) in [5, 5.41) is 17.5. The standard InChI is InChI=1S/C10H13NO3/c11-7-10(6-4-9(13)14)5-2-1-3-8(10)12/h1-6H2,(H,13,14). The number of hydrogen-bond acceptors (Lipinski definition) is 3. The Morgan fingerprint density at radius 1 is 1.57 bits per heavy atom. The first-order valence-corrected chi connectivity index (χ1v) is 4.77. The highest BCUT2D eigenvalue weighted by Crippen LogP contribution is 2.36. The number of ketones is 1. The van der Waals surface area contributed by atoms with Crippen LogP contribution in [0.1, 0.15) is 38.5 Å². The molecule has 4 heteroatoms. The Morgan fingerprint density at radius 3 is 2.79 bits per heavy atom. The number of carboxylic acids is 1. The van der Waals surface area contributed by atoms with Crippen LogP contribution in [0, 0.1) is 16.7 Å². The van der Waals surface area contributed by atoms with Crippen molar-refractivity contribution in [2.75, 3.05) is 0 Å². The van der Waals surface area contributed by atoms with E-state index in [0.29, 0.717) is 12.8 Å². The first kappa shape index (κ1) is 10.7. The molecule has 0 radical (unpaired) electrons. The zero-order valence-corrected chi connectivity index (χ0v) is 7.95. The molecule has 1 aliphatic carbocycles. The number of nitriles is 1. The van der Waals surface area contributed by atoms with Crippen LogP contribution >= 0.6 is 0 Å². The molecule has 1 aliphatic rings. The van der Waals surface area contributed by atoms with E-state index in [2.05, 4.69) is 0 Å². The minimum absolute atomic E-state index is 0.0764. The average Bonchev–Trinajstić information content (AvgIpc) is 2.17. The van der Waals surface area contributed by atoms with Crippen molar-refractivity contribution in [1.29, 1.82) is 5.26 Å². The van der Waals surface area contributed by atoms with Gasteiger partial charge in [0.05, 0.1) is 6.07 Å². The Hall–Kier alpha value is -1.37. The summed E-state index contributed by atoms with van der Waals surface area (Å²) in [4.78, 5) is 21.9. The third-order valence-corrected chi connectivity index (χ3v) is 2.77. The molecule has 1 rings (SSSR count). The van der Waals surface area contributed by atoms with Crippen molar-refractivity contribution in [3.05, 3.63) is 0 Å². The molecule has 0 aromatic carbocycles. The highest BCUT2D eigenvalue weighted by Gasteiger charge is 2.39. The van der Waals surface area contributed by atoms with E-state index in [0.717, 1.165) is 12.8 Å². The molecule has 0 saturated heterocycles. The molecule has 0 aliphatic heterocycles. The van der Waals surface area contributed by atoms with Crippen LogP contribution in [0.25, 0.3) is 0 Å². The van der Waals surface area contributed by atoms with E-state index in [4.69, 9.17) is 10.4 Å². The normalized spacial score (nSPS) is 26.9. The second kappa shape index (κ2) is 4.23.